The number of alkyl halides is 3. The molecule has 0 fully saturated rings. The highest BCUT2D eigenvalue weighted by atomic mass is 19.4. The largest absolute Gasteiger partial charge is 0.489 e. The summed E-state index contributed by atoms with van der Waals surface area (Å²) in [4.78, 5) is 12.4. The Labute approximate surface area is 174 Å². The van der Waals surface area contributed by atoms with Crippen molar-refractivity contribution in [1.82, 2.24) is 0 Å². The minimum atomic E-state index is -4.55. The normalized spacial score (nSPS) is 11.5. The Hall–Kier alpha value is -2.74. The maximum Gasteiger partial charge on any atom is 0.416 e. The van der Waals surface area contributed by atoms with Crippen molar-refractivity contribution in [2.45, 2.75) is 32.9 Å². The number of hydrogen-bond donors (Lipinski definition) is 1. The number of ether oxygens (including phenoxy) is 3. The topological polar surface area (TPSA) is 56.8 Å². The summed E-state index contributed by atoms with van der Waals surface area (Å²) in [6, 6.07) is 8.62. The first-order valence-corrected chi connectivity index (χ1v) is 9.48. The van der Waals surface area contributed by atoms with E-state index >= 15 is 0 Å². The van der Waals surface area contributed by atoms with E-state index in [9.17, 15) is 18.0 Å². The van der Waals surface area contributed by atoms with E-state index in [1.54, 1.807) is 0 Å². The molecule has 0 unspecified atom stereocenters. The molecule has 0 aliphatic carbocycles. The minimum Gasteiger partial charge on any atom is -0.489 e. The first-order valence-electron chi connectivity index (χ1n) is 9.48. The van der Waals surface area contributed by atoms with Gasteiger partial charge in [-0.25, -0.2) is 0 Å². The van der Waals surface area contributed by atoms with E-state index in [0.29, 0.717) is 5.75 Å². The van der Waals surface area contributed by atoms with Crippen molar-refractivity contribution >= 4 is 11.6 Å². The smallest absolute Gasteiger partial charge is 0.416 e. The van der Waals surface area contributed by atoms with Gasteiger partial charge >= 0.3 is 6.18 Å². The number of hydrogen-bond acceptors (Lipinski definition) is 4. The number of rotatable bonds is 9. The van der Waals surface area contributed by atoms with E-state index in [1.165, 1.54) is 13.2 Å². The van der Waals surface area contributed by atoms with E-state index in [2.05, 4.69) is 5.32 Å². The number of amides is 1. The van der Waals surface area contributed by atoms with Crippen molar-refractivity contribution < 1.29 is 32.2 Å². The van der Waals surface area contributed by atoms with E-state index in [-0.39, 0.29) is 37.2 Å². The number of carbonyl (C=O) groups excluding carboxylic acids is 1. The van der Waals surface area contributed by atoms with Crippen LogP contribution in [0, 0.1) is 6.92 Å². The zero-order valence-corrected chi connectivity index (χ0v) is 17.4. The van der Waals surface area contributed by atoms with Gasteiger partial charge in [0.1, 0.15) is 18.1 Å². The van der Waals surface area contributed by atoms with Gasteiger partial charge in [-0.3, -0.25) is 4.79 Å². The molecule has 30 heavy (non-hydrogen) atoms. The van der Waals surface area contributed by atoms with Crippen LogP contribution >= 0.6 is 0 Å². The van der Waals surface area contributed by atoms with E-state index in [0.717, 1.165) is 23.3 Å². The van der Waals surface area contributed by atoms with Crippen molar-refractivity contribution in [3.05, 3.63) is 53.1 Å². The maximum absolute atomic E-state index is 13.1. The quantitative estimate of drug-likeness (QED) is 0.563. The molecule has 0 atom stereocenters. The molecule has 0 spiro atoms. The molecule has 5 nitrogen and oxygen atoms in total. The first kappa shape index (κ1) is 23.5. The highest BCUT2D eigenvalue weighted by Crippen LogP contribution is 2.35. The van der Waals surface area contributed by atoms with Crippen LogP contribution in [0.4, 0.5) is 18.9 Å². The summed E-state index contributed by atoms with van der Waals surface area (Å²) in [6.45, 7) is 5.94. The van der Waals surface area contributed by atoms with Crippen LogP contribution in [0.15, 0.2) is 36.4 Å². The lowest BCUT2D eigenvalue weighted by Crippen LogP contribution is -2.22. The molecule has 1 N–H and O–H groups in total. The number of benzene rings is 2. The second-order valence-corrected chi connectivity index (χ2v) is 7.08. The first-order chi connectivity index (χ1) is 14.1. The van der Waals surface area contributed by atoms with Crippen molar-refractivity contribution in [3.8, 4) is 11.5 Å². The summed E-state index contributed by atoms with van der Waals surface area (Å²) in [5.74, 6) is 0.280. The van der Waals surface area contributed by atoms with Gasteiger partial charge in [-0.1, -0.05) is 26.0 Å². The van der Waals surface area contributed by atoms with E-state index in [4.69, 9.17) is 14.2 Å². The molecule has 8 heteroatoms. The van der Waals surface area contributed by atoms with E-state index in [1.807, 2.05) is 39.0 Å². The molecule has 0 radical (unpaired) electrons. The zero-order chi connectivity index (χ0) is 22.3. The van der Waals surface area contributed by atoms with Crippen LogP contribution in [0.2, 0.25) is 0 Å². The minimum absolute atomic E-state index is 0.0807. The lowest BCUT2D eigenvalue weighted by atomic mass is 10.0. The monoisotopic (exact) mass is 425 g/mol. The van der Waals surface area contributed by atoms with Gasteiger partial charge in [0, 0.05) is 7.11 Å². The van der Waals surface area contributed by atoms with Crippen LogP contribution in [0.25, 0.3) is 0 Å². The Balaban J connectivity index is 2.15. The molecule has 1 amide bonds. The van der Waals surface area contributed by atoms with Crippen LogP contribution in [0.3, 0.4) is 0 Å². The molecule has 2 rings (SSSR count). The average Bonchev–Trinajstić information content (AvgIpc) is 2.66. The zero-order valence-electron chi connectivity index (χ0n) is 17.4. The molecule has 0 bridgehead atoms. The van der Waals surface area contributed by atoms with Gasteiger partial charge < -0.3 is 19.5 Å². The molecular weight excluding hydrogens is 399 g/mol. The summed E-state index contributed by atoms with van der Waals surface area (Å²) < 4.78 is 55.2. The fraction of sp³-hybridized carbons (Fsp3) is 0.409. The van der Waals surface area contributed by atoms with Crippen LogP contribution < -0.4 is 14.8 Å². The van der Waals surface area contributed by atoms with Gasteiger partial charge in [0.15, 0.2) is 6.61 Å². The van der Waals surface area contributed by atoms with Gasteiger partial charge in [0.05, 0.1) is 17.9 Å². The Bertz CT molecular complexity index is 866. The highest BCUT2D eigenvalue weighted by molar-refractivity contribution is 5.93. The molecule has 2 aromatic carbocycles. The number of methoxy groups -OCH3 is 1. The van der Waals surface area contributed by atoms with Gasteiger partial charge in [-0.2, -0.15) is 13.2 Å². The SMILES string of the molecule is COCCOc1ccc(C(F)(F)F)cc1NC(=O)COc1cc(C)ccc1C(C)C. The van der Waals surface area contributed by atoms with Crippen molar-refractivity contribution in [3.63, 3.8) is 0 Å². The van der Waals surface area contributed by atoms with Crippen LogP contribution in [0.5, 0.6) is 11.5 Å². The summed E-state index contributed by atoms with van der Waals surface area (Å²) in [5, 5.41) is 2.45. The summed E-state index contributed by atoms with van der Waals surface area (Å²) in [5.41, 5.74) is 0.944. The second-order valence-electron chi connectivity index (χ2n) is 7.08. The van der Waals surface area contributed by atoms with Gasteiger partial charge in [0.2, 0.25) is 0 Å². The number of anilines is 1. The lowest BCUT2D eigenvalue weighted by molar-refractivity contribution is -0.137. The third-order valence-corrected chi connectivity index (χ3v) is 4.28. The van der Waals surface area contributed by atoms with Gasteiger partial charge in [-0.05, 0) is 48.2 Å². The number of carbonyl (C=O) groups is 1. The predicted octanol–water partition coefficient (Wildman–Crippen LogP) is 5.18. The third-order valence-electron chi connectivity index (χ3n) is 4.28. The number of halogens is 3. The average molecular weight is 425 g/mol. The Morgan fingerprint density at radius 3 is 2.40 bits per heavy atom. The van der Waals surface area contributed by atoms with Crippen LogP contribution in [-0.2, 0) is 15.7 Å². The van der Waals surface area contributed by atoms with Crippen molar-refractivity contribution in [2.75, 3.05) is 32.2 Å². The van der Waals surface area contributed by atoms with Gasteiger partial charge in [0.25, 0.3) is 5.91 Å². The molecule has 2 aromatic rings. The Morgan fingerprint density at radius 2 is 1.77 bits per heavy atom. The standard InChI is InChI=1S/C22H26F3NO4/c1-14(2)17-7-5-15(3)11-20(17)30-13-21(27)26-18-12-16(22(23,24)25)6-8-19(18)29-10-9-28-4/h5-8,11-12,14H,9-10,13H2,1-4H3,(H,26,27). The van der Waals surface area contributed by atoms with Crippen molar-refractivity contribution in [2.24, 2.45) is 0 Å². The molecule has 0 heterocycles. The number of aryl methyl sites for hydroxylation is 1. The van der Waals surface area contributed by atoms with E-state index < -0.39 is 17.6 Å². The molecule has 0 aliphatic heterocycles. The molecule has 164 valence electrons. The summed E-state index contributed by atoms with van der Waals surface area (Å²) >= 11 is 0. The van der Waals surface area contributed by atoms with Gasteiger partial charge in [-0.15, -0.1) is 0 Å². The summed E-state index contributed by atoms with van der Waals surface area (Å²) in [7, 11) is 1.48. The molecule has 0 aliphatic rings. The predicted molar refractivity (Wildman–Crippen MR) is 108 cm³/mol. The van der Waals surface area contributed by atoms with Crippen LogP contribution in [0.1, 0.15) is 36.5 Å². The molecule has 0 saturated heterocycles. The highest BCUT2D eigenvalue weighted by Gasteiger charge is 2.31. The third kappa shape index (κ3) is 6.66. The lowest BCUT2D eigenvalue weighted by Gasteiger charge is -2.17. The molecular formula is C22H26F3NO4. The molecule has 0 aromatic heterocycles. The maximum atomic E-state index is 13.1. The van der Waals surface area contributed by atoms with Crippen molar-refractivity contribution in [1.29, 1.82) is 0 Å². The molecule has 0 saturated carbocycles. The summed E-state index contributed by atoms with van der Waals surface area (Å²) in [6.07, 6.45) is -4.55. The van der Waals surface area contributed by atoms with Crippen LogP contribution in [-0.4, -0.2) is 32.8 Å². The second kappa shape index (κ2) is 10.3. The Morgan fingerprint density at radius 1 is 1.03 bits per heavy atom. The fourth-order valence-corrected chi connectivity index (χ4v) is 2.74. The Kier molecular flexibility index (Phi) is 8.11. The fourth-order valence-electron chi connectivity index (χ4n) is 2.74. The number of nitrogens with one attached hydrogen (secondary N) is 1.